The maximum Gasteiger partial charge on any atom is 0.186 e. The van der Waals surface area contributed by atoms with Crippen LogP contribution < -0.4 is 4.74 Å². The van der Waals surface area contributed by atoms with Crippen LogP contribution in [-0.2, 0) is 28.5 Å². The Morgan fingerprint density at radius 2 is 1.77 bits per heavy atom. The van der Waals surface area contributed by atoms with Gasteiger partial charge in [-0.05, 0) is 30.5 Å². The van der Waals surface area contributed by atoms with Crippen LogP contribution in [0.15, 0.2) is 30.5 Å². The van der Waals surface area contributed by atoms with E-state index in [-0.39, 0.29) is 24.9 Å². The van der Waals surface area contributed by atoms with Gasteiger partial charge < -0.3 is 59.1 Å². The molecule has 3 heterocycles. The number of carbonyl (C=O) groups is 1. The Kier molecular flexibility index (Phi) is 8.78. The summed E-state index contributed by atoms with van der Waals surface area (Å²) < 4.78 is 33.4. The van der Waals surface area contributed by atoms with E-state index >= 15 is 0 Å². The van der Waals surface area contributed by atoms with E-state index in [4.69, 9.17) is 28.4 Å². The molecular formula is C27H36O13. The predicted octanol–water partition coefficient (Wildman–Crippen LogP) is -1.55. The van der Waals surface area contributed by atoms with Gasteiger partial charge in [-0.3, -0.25) is 4.79 Å². The molecule has 1 aromatic rings. The van der Waals surface area contributed by atoms with Gasteiger partial charge in [0.25, 0.3) is 0 Å². The van der Waals surface area contributed by atoms with Crippen LogP contribution in [0.4, 0.5) is 0 Å². The highest BCUT2D eigenvalue weighted by Gasteiger charge is 2.51. The number of rotatable bonds is 8. The van der Waals surface area contributed by atoms with Crippen LogP contribution in [0, 0.1) is 5.92 Å². The zero-order valence-corrected chi connectivity index (χ0v) is 21.9. The highest BCUT2D eigenvalue weighted by atomic mass is 16.7. The van der Waals surface area contributed by atoms with E-state index in [0.29, 0.717) is 30.6 Å². The first kappa shape index (κ1) is 29.3. The highest BCUT2D eigenvalue weighted by Crippen LogP contribution is 2.38. The van der Waals surface area contributed by atoms with Gasteiger partial charge in [0.2, 0.25) is 0 Å². The molecule has 1 saturated carbocycles. The molecule has 222 valence electrons. The third kappa shape index (κ3) is 5.63. The number of fused-ring (bicyclic) bond motifs is 1. The van der Waals surface area contributed by atoms with E-state index in [9.17, 15) is 35.4 Å². The lowest BCUT2D eigenvalue weighted by molar-refractivity contribution is -0.321. The average Bonchev–Trinajstić information content (AvgIpc) is 3.26. The second kappa shape index (κ2) is 12.0. The molecule has 11 atom stereocenters. The highest BCUT2D eigenvalue weighted by molar-refractivity contribution is 6.22. The first-order valence-electron chi connectivity index (χ1n) is 13.3. The van der Waals surface area contributed by atoms with Crippen molar-refractivity contribution < 1.29 is 63.9 Å². The van der Waals surface area contributed by atoms with Gasteiger partial charge in [0, 0.05) is 6.42 Å². The van der Waals surface area contributed by atoms with E-state index < -0.39 is 67.5 Å². The lowest BCUT2D eigenvalue weighted by Crippen LogP contribution is -2.60. The lowest BCUT2D eigenvalue weighted by Gasteiger charge is -2.43. The van der Waals surface area contributed by atoms with Crippen molar-refractivity contribution >= 4 is 11.4 Å². The molecule has 40 heavy (non-hydrogen) atoms. The molecule has 0 bridgehead atoms. The molecule has 13 nitrogen and oxygen atoms in total. The fraction of sp³-hybridized carbons (Fsp3) is 0.667. The minimum atomic E-state index is -1.88. The van der Waals surface area contributed by atoms with Crippen LogP contribution in [0.3, 0.4) is 0 Å². The summed E-state index contributed by atoms with van der Waals surface area (Å²) >= 11 is 0. The molecule has 1 aliphatic carbocycles. The van der Waals surface area contributed by atoms with Crippen molar-refractivity contribution in [2.75, 3.05) is 26.9 Å². The first-order chi connectivity index (χ1) is 19.1. The smallest absolute Gasteiger partial charge is 0.186 e. The molecule has 3 aliphatic heterocycles. The molecule has 13 heteroatoms. The van der Waals surface area contributed by atoms with Crippen molar-refractivity contribution in [1.29, 1.82) is 0 Å². The summed E-state index contributed by atoms with van der Waals surface area (Å²) in [5.74, 6) is 0.304. The van der Waals surface area contributed by atoms with Crippen molar-refractivity contribution in [3.8, 4) is 5.75 Å². The average molecular weight is 569 g/mol. The molecule has 5 rings (SSSR count). The second-order valence-corrected chi connectivity index (χ2v) is 10.7. The molecule has 6 N–H and O–H groups in total. The van der Waals surface area contributed by atoms with Crippen molar-refractivity contribution in [2.24, 2.45) is 5.92 Å². The number of hydrogen-bond acceptors (Lipinski definition) is 13. The predicted molar refractivity (Wildman–Crippen MR) is 133 cm³/mol. The van der Waals surface area contributed by atoms with Crippen molar-refractivity contribution in [3.05, 3.63) is 36.1 Å². The maximum absolute atomic E-state index is 13.2. The zero-order valence-electron chi connectivity index (χ0n) is 21.9. The minimum Gasteiger partial charge on any atom is -0.497 e. The Bertz CT molecular complexity index is 1060. The summed E-state index contributed by atoms with van der Waals surface area (Å²) in [7, 11) is 1.57. The van der Waals surface area contributed by atoms with Gasteiger partial charge in [-0.25, -0.2) is 0 Å². The summed E-state index contributed by atoms with van der Waals surface area (Å²) in [6.07, 6.45) is -8.19. The van der Waals surface area contributed by atoms with Crippen molar-refractivity contribution in [2.45, 2.75) is 80.2 Å². The quantitative estimate of drug-likeness (QED) is 0.211. The lowest BCUT2D eigenvalue weighted by atomic mass is 9.78. The van der Waals surface area contributed by atoms with E-state index in [2.05, 4.69) is 0 Å². The summed E-state index contributed by atoms with van der Waals surface area (Å²) in [6.45, 7) is -1.48. The number of hydrogen-bond donors (Lipinski definition) is 6. The van der Waals surface area contributed by atoms with E-state index in [1.54, 1.807) is 31.4 Å². The van der Waals surface area contributed by atoms with Gasteiger partial charge in [0.05, 0.1) is 50.8 Å². The normalized spacial score (nSPS) is 41.7. The van der Waals surface area contributed by atoms with Crippen LogP contribution in [0.1, 0.15) is 24.8 Å². The number of aliphatic hydroxyl groups excluding tert-OH is 5. The van der Waals surface area contributed by atoms with E-state index in [1.165, 1.54) is 6.26 Å². The van der Waals surface area contributed by atoms with Gasteiger partial charge in [0.1, 0.15) is 48.0 Å². The molecule has 0 radical (unpaired) electrons. The van der Waals surface area contributed by atoms with Crippen LogP contribution in [0.5, 0.6) is 5.75 Å². The first-order valence-corrected chi connectivity index (χ1v) is 13.3. The minimum absolute atomic E-state index is 0.0195. The van der Waals surface area contributed by atoms with Gasteiger partial charge in [0.15, 0.2) is 18.4 Å². The Labute approximate surface area is 230 Å². The Hall–Kier alpha value is -2.17. The summed E-state index contributed by atoms with van der Waals surface area (Å²) in [6, 6.07) is 7.15. The van der Waals surface area contributed by atoms with Gasteiger partial charge in [-0.15, -0.1) is 0 Å². The van der Waals surface area contributed by atoms with Crippen LogP contribution in [0.25, 0.3) is 5.57 Å². The Balaban J connectivity index is 1.18. The second-order valence-electron chi connectivity index (χ2n) is 10.7. The van der Waals surface area contributed by atoms with Crippen molar-refractivity contribution in [3.63, 3.8) is 0 Å². The van der Waals surface area contributed by atoms with E-state index in [0.717, 1.165) is 5.56 Å². The number of benzene rings is 1. The zero-order chi connectivity index (χ0) is 28.6. The summed E-state index contributed by atoms with van der Waals surface area (Å²) in [5.41, 5.74) is -0.661. The summed E-state index contributed by atoms with van der Waals surface area (Å²) in [5, 5.41) is 60.9. The van der Waals surface area contributed by atoms with Crippen LogP contribution >= 0.6 is 0 Å². The van der Waals surface area contributed by atoms with Gasteiger partial charge in [-0.1, -0.05) is 12.1 Å². The number of ether oxygens (including phenoxy) is 6. The fourth-order valence-electron chi connectivity index (χ4n) is 5.54. The topological polar surface area (TPSA) is 194 Å². The summed E-state index contributed by atoms with van der Waals surface area (Å²) in [4.78, 5) is 13.2. The fourth-order valence-corrected chi connectivity index (χ4v) is 5.54. The third-order valence-corrected chi connectivity index (χ3v) is 8.11. The van der Waals surface area contributed by atoms with Crippen LogP contribution in [-0.4, -0.2) is 124 Å². The number of allylic oxidation sites excluding steroid dienone is 1. The Morgan fingerprint density at radius 3 is 2.45 bits per heavy atom. The molecular weight excluding hydrogens is 532 g/mol. The number of ketones is 1. The molecule has 0 aromatic heterocycles. The molecule has 0 spiro atoms. The molecule has 2 saturated heterocycles. The standard InChI is InChI=1S/C27H36O13/c1-35-14-4-2-13(3-5-14)17-9-36-18-8-15(6-7-16(18)20(17)29)39-25-23(32)22(31)21(30)19(40-25)10-37-26-24(33)27(34,11-28)12-38-26/h2-5,9,15-16,18-19,21-26,28,30-34H,6-8,10-12H2,1H3/t15?,16?,18?,19-,21-,22+,23-,24+,25-,26-,27-/m1/s1. The van der Waals surface area contributed by atoms with Crippen molar-refractivity contribution in [1.82, 2.24) is 0 Å². The SMILES string of the molecule is COc1ccc(C2=COC3CC(O[C@@H]4O[C@H](CO[C@@H]5OC[C@](O)(CO)[C@H]5O)[C@@H](O)[C@H](O)[C@H]4O)CCC3C2=O)cc1. The monoisotopic (exact) mass is 568 g/mol. The molecule has 3 unspecified atom stereocenters. The number of aliphatic hydroxyl groups is 6. The number of Topliss-reactive ketones (excluding diaryl/α,β-unsaturated/α-hetero) is 1. The van der Waals surface area contributed by atoms with Crippen LogP contribution in [0.2, 0.25) is 0 Å². The largest absolute Gasteiger partial charge is 0.497 e. The molecule has 1 aromatic carbocycles. The molecule has 0 amide bonds. The number of carbonyl (C=O) groups excluding carboxylic acids is 1. The van der Waals surface area contributed by atoms with Gasteiger partial charge in [-0.2, -0.15) is 0 Å². The molecule has 3 fully saturated rings. The molecule has 4 aliphatic rings. The van der Waals surface area contributed by atoms with E-state index in [1.807, 2.05) is 0 Å². The number of methoxy groups -OCH3 is 1. The third-order valence-electron chi connectivity index (χ3n) is 8.11. The van der Waals surface area contributed by atoms with Gasteiger partial charge >= 0.3 is 0 Å². The maximum atomic E-state index is 13.2. The Morgan fingerprint density at radius 1 is 1.02 bits per heavy atom.